The van der Waals surface area contributed by atoms with Crippen molar-refractivity contribution in [2.75, 3.05) is 13.1 Å². The number of likely N-dealkylation sites (tertiary alicyclic amines) is 1. The van der Waals surface area contributed by atoms with Crippen molar-refractivity contribution in [3.05, 3.63) is 47.7 Å². The zero-order valence-corrected chi connectivity index (χ0v) is 13.7. The monoisotopic (exact) mass is 327 g/mol. The Bertz CT molecular complexity index is 707. The number of aromatic nitrogens is 3. The van der Waals surface area contributed by atoms with Crippen LogP contribution in [0.5, 0.6) is 5.88 Å². The number of nitrogens with two attached hydrogens (primary N) is 1. The maximum Gasteiger partial charge on any atom is 0.257 e. The van der Waals surface area contributed by atoms with Crippen LogP contribution in [0.2, 0.25) is 0 Å². The molecule has 7 heteroatoms. The molecule has 0 aliphatic carbocycles. The number of nitrogens with zero attached hydrogens (tertiary/aromatic N) is 4. The molecule has 0 saturated carbocycles. The Morgan fingerprint density at radius 3 is 2.92 bits per heavy atom. The molecule has 1 saturated heterocycles. The normalized spacial score (nSPS) is 17.6. The van der Waals surface area contributed by atoms with Crippen molar-refractivity contribution >= 4 is 5.91 Å². The van der Waals surface area contributed by atoms with E-state index in [0.29, 0.717) is 31.1 Å². The topological polar surface area (TPSA) is 94.2 Å². The van der Waals surface area contributed by atoms with Crippen molar-refractivity contribution in [1.29, 1.82) is 0 Å². The summed E-state index contributed by atoms with van der Waals surface area (Å²) < 4.78 is 6.00. The zero-order valence-electron chi connectivity index (χ0n) is 13.7. The van der Waals surface area contributed by atoms with Crippen molar-refractivity contribution in [2.24, 2.45) is 5.73 Å². The number of ether oxygens (including phenoxy) is 1. The predicted octanol–water partition coefficient (Wildman–Crippen LogP) is 1.32. The highest BCUT2D eigenvalue weighted by molar-refractivity contribution is 5.93. The van der Waals surface area contributed by atoms with Crippen LogP contribution < -0.4 is 10.5 Å². The first kappa shape index (κ1) is 16.3. The molecule has 3 heterocycles. The SMILES string of the molecule is Cc1cc(CN)cc(O[C@H]2CCCN(C(=O)c3cncnc3)C2)n1. The first-order valence-corrected chi connectivity index (χ1v) is 8.04. The molecule has 0 aromatic carbocycles. The summed E-state index contributed by atoms with van der Waals surface area (Å²) in [5, 5.41) is 0. The van der Waals surface area contributed by atoms with E-state index in [1.165, 1.54) is 18.7 Å². The van der Waals surface area contributed by atoms with Gasteiger partial charge in [0.2, 0.25) is 5.88 Å². The lowest BCUT2D eigenvalue weighted by Gasteiger charge is -2.32. The molecular weight excluding hydrogens is 306 g/mol. The van der Waals surface area contributed by atoms with E-state index in [0.717, 1.165) is 24.1 Å². The third kappa shape index (κ3) is 3.86. The Balaban J connectivity index is 1.68. The fourth-order valence-corrected chi connectivity index (χ4v) is 2.87. The van der Waals surface area contributed by atoms with E-state index < -0.39 is 0 Å². The van der Waals surface area contributed by atoms with E-state index in [4.69, 9.17) is 10.5 Å². The Kier molecular flexibility index (Phi) is 5.00. The van der Waals surface area contributed by atoms with E-state index in [-0.39, 0.29) is 12.0 Å². The van der Waals surface area contributed by atoms with Gasteiger partial charge in [-0.05, 0) is 31.4 Å². The summed E-state index contributed by atoms with van der Waals surface area (Å²) >= 11 is 0. The van der Waals surface area contributed by atoms with Gasteiger partial charge in [0.15, 0.2) is 0 Å². The number of aryl methyl sites for hydroxylation is 1. The van der Waals surface area contributed by atoms with Gasteiger partial charge >= 0.3 is 0 Å². The van der Waals surface area contributed by atoms with Crippen LogP contribution in [0.25, 0.3) is 0 Å². The van der Waals surface area contributed by atoms with Gasteiger partial charge in [-0.3, -0.25) is 4.79 Å². The van der Waals surface area contributed by atoms with E-state index in [1.54, 1.807) is 4.90 Å². The molecule has 2 aromatic rings. The van der Waals surface area contributed by atoms with Crippen molar-refractivity contribution in [3.63, 3.8) is 0 Å². The summed E-state index contributed by atoms with van der Waals surface area (Å²) in [6.45, 7) is 3.60. The summed E-state index contributed by atoms with van der Waals surface area (Å²) in [4.78, 5) is 26.5. The third-order valence-electron chi connectivity index (χ3n) is 3.99. The lowest BCUT2D eigenvalue weighted by Crippen LogP contribution is -2.44. The van der Waals surface area contributed by atoms with Crippen LogP contribution in [-0.2, 0) is 6.54 Å². The van der Waals surface area contributed by atoms with Crippen molar-refractivity contribution in [1.82, 2.24) is 19.9 Å². The molecule has 0 bridgehead atoms. The fraction of sp³-hybridized carbons (Fsp3) is 0.412. The van der Waals surface area contributed by atoms with Gasteiger partial charge in [-0.1, -0.05) is 0 Å². The van der Waals surface area contributed by atoms with Crippen LogP contribution in [0.1, 0.15) is 34.5 Å². The molecule has 126 valence electrons. The van der Waals surface area contributed by atoms with Crippen LogP contribution in [0.4, 0.5) is 0 Å². The second-order valence-electron chi connectivity index (χ2n) is 5.92. The fourth-order valence-electron chi connectivity index (χ4n) is 2.87. The molecular formula is C17H21N5O2. The van der Waals surface area contributed by atoms with Gasteiger partial charge in [0.1, 0.15) is 12.4 Å². The lowest BCUT2D eigenvalue weighted by molar-refractivity contribution is 0.0526. The maximum absolute atomic E-state index is 12.5. The van der Waals surface area contributed by atoms with Gasteiger partial charge in [-0.2, -0.15) is 0 Å². The molecule has 2 N–H and O–H groups in total. The summed E-state index contributed by atoms with van der Waals surface area (Å²) in [5.41, 5.74) is 8.06. The van der Waals surface area contributed by atoms with Gasteiger partial charge in [0.05, 0.1) is 12.1 Å². The number of hydrogen-bond donors (Lipinski definition) is 1. The number of carbonyl (C=O) groups excluding carboxylic acids is 1. The Labute approximate surface area is 140 Å². The van der Waals surface area contributed by atoms with Crippen LogP contribution in [0, 0.1) is 6.92 Å². The lowest BCUT2D eigenvalue weighted by atomic mass is 10.1. The Hall–Kier alpha value is -2.54. The highest BCUT2D eigenvalue weighted by Crippen LogP contribution is 2.20. The van der Waals surface area contributed by atoms with Gasteiger partial charge in [-0.25, -0.2) is 15.0 Å². The molecule has 1 aliphatic heterocycles. The van der Waals surface area contributed by atoms with E-state index >= 15 is 0 Å². The molecule has 0 spiro atoms. The minimum absolute atomic E-state index is 0.0660. The standard InChI is InChI=1S/C17H21N5O2/c1-12-5-13(7-18)6-16(21-12)24-15-3-2-4-22(10-15)17(23)14-8-19-11-20-9-14/h5-6,8-9,11,15H,2-4,7,10,18H2,1H3/t15-/m0/s1. The van der Waals surface area contributed by atoms with Gasteiger partial charge in [0.25, 0.3) is 5.91 Å². The van der Waals surface area contributed by atoms with Crippen molar-refractivity contribution in [3.8, 4) is 5.88 Å². The van der Waals surface area contributed by atoms with Crippen LogP contribution in [0.15, 0.2) is 30.9 Å². The largest absolute Gasteiger partial charge is 0.472 e. The van der Waals surface area contributed by atoms with Gasteiger partial charge < -0.3 is 15.4 Å². The highest BCUT2D eigenvalue weighted by Gasteiger charge is 2.26. The average Bonchev–Trinajstić information content (AvgIpc) is 2.61. The van der Waals surface area contributed by atoms with E-state index in [2.05, 4.69) is 15.0 Å². The van der Waals surface area contributed by atoms with E-state index in [9.17, 15) is 4.79 Å². The van der Waals surface area contributed by atoms with Gasteiger partial charge in [0, 0.05) is 37.2 Å². The van der Waals surface area contributed by atoms with Crippen LogP contribution in [-0.4, -0.2) is 45.0 Å². The first-order valence-electron chi connectivity index (χ1n) is 8.04. The quantitative estimate of drug-likeness (QED) is 0.910. The molecule has 1 amide bonds. The molecule has 2 aromatic heterocycles. The molecule has 3 rings (SSSR count). The average molecular weight is 327 g/mol. The highest BCUT2D eigenvalue weighted by atomic mass is 16.5. The van der Waals surface area contributed by atoms with E-state index in [1.807, 2.05) is 19.1 Å². The number of rotatable bonds is 4. The number of carbonyl (C=O) groups is 1. The predicted molar refractivity (Wildman–Crippen MR) is 88.5 cm³/mol. The second kappa shape index (κ2) is 7.35. The number of piperidine rings is 1. The van der Waals surface area contributed by atoms with Crippen LogP contribution >= 0.6 is 0 Å². The molecule has 1 atom stereocenters. The summed E-state index contributed by atoms with van der Waals surface area (Å²) in [7, 11) is 0. The molecule has 1 aliphatic rings. The molecule has 0 radical (unpaired) electrons. The molecule has 0 unspecified atom stereocenters. The summed E-state index contributed by atoms with van der Waals surface area (Å²) in [6, 6.07) is 3.80. The molecule has 1 fully saturated rings. The van der Waals surface area contributed by atoms with Gasteiger partial charge in [-0.15, -0.1) is 0 Å². The Morgan fingerprint density at radius 1 is 1.38 bits per heavy atom. The minimum Gasteiger partial charge on any atom is -0.472 e. The first-order chi connectivity index (χ1) is 11.7. The molecule has 7 nitrogen and oxygen atoms in total. The van der Waals surface area contributed by atoms with Crippen LogP contribution in [0.3, 0.4) is 0 Å². The summed E-state index contributed by atoms with van der Waals surface area (Å²) in [5.74, 6) is 0.501. The van der Waals surface area contributed by atoms with Crippen molar-refractivity contribution < 1.29 is 9.53 Å². The smallest absolute Gasteiger partial charge is 0.257 e. The Morgan fingerprint density at radius 2 is 2.17 bits per heavy atom. The zero-order chi connectivity index (χ0) is 16.9. The molecule has 24 heavy (non-hydrogen) atoms. The number of hydrogen-bond acceptors (Lipinski definition) is 6. The maximum atomic E-state index is 12.5. The number of amides is 1. The second-order valence-corrected chi connectivity index (χ2v) is 5.92. The summed E-state index contributed by atoms with van der Waals surface area (Å²) in [6.07, 6.45) is 6.19. The van der Waals surface area contributed by atoms with Crippen molar-refractivity contribution in [2.45, 2.75) is 32.4 Å². The number of pyridine rings is 1. The third-order valence-corrected chi connectivity index (χ3v) is 3.99. The minimum atomic E-state index is -0.0766.